The number of nitro benzene ring substituents is 1. The first-order valence-electron chi connectivity index (χ1n) is 8.56. The molecule has 3 aromatic rings. The molecule has 1 aromatic heterocycles. The van der Waals surface area contributed by atoms with Gasteiger partial charge in [-0.2, -0.15) is 5.10 Å². The molecule has 2 aromatic carbocycles. The average Bonchev–Trinajstić information content (AvgIpc) is 2.71. The molecule has 0 radical (unpaired) electrons. The monoisotopic (exact) mass is 573 g/mol. The van der Waals surface area contributed by atoms with Crippen LogP contribution in [-0.4, -0.2) is 19.6 Å². The molecule has 0 spiro atoms. The summed E-state index contributed by atoms with van der Waals surface area (Å²) >= 11 is 6.03. The van der Waals surface area contributed by atoms with Crippen LogP contribution in [0.5, 0.6) is 0 Å². The van der Waals surface area contributed by atoms with Gasteiger partial charge in [-0.15, -0.1) is 0 Å². The minimum Gasteiger partial charge on any atom is -1.00 e. The number of para-hydroxylation sites is 1. The molecule has 0 unspecified atom stereocenters. The zero-order valence-corrected chi connectivity index (χ0v) is 19.8. The smallest absolute Gasteiger partial charge is 0.270 e. The summed E-state index contributed by atoms with van der Waals surface area (Å²) in [5.41, 5.74) is 3.26. The van der Waals surface area contributed by atoms with Crippen molar-refractivity contribution in [1.82, 2.24) is 0 Å². The number of aryl methyl sites for hydroxylation is 1. The Morgan fingerprint density at radius 1 is 1.10 bits per heavy atom. The molecular formula is C19H17ClIN5O4S. The maximum absolute atomic E-state index is 12.9. The number of nitrogens with zero attached hydrogens (tertiary/aromatic N) is 3. The van der Waals surface area contributed by atoms with E-state index < -0.39 is 14.9 Å². The van der Waals surface area contributed by atoms with Crippen molar-refractivity contribution < 1.29 is 41.9 Å². The van der Waals surface area contributed by atoms with Crippen molar-refractivity contribution in [1.29, 1.82) is 0 Å². The molecule has 0 atom stereocenters. The lowest BCUT2D eigenvalue weighted by Crippen LogP contribution is -3.00. The Balaban J connectivity index is 0.00000341. The number of non-ortho nitro benzene ring substituents is 1. The molecule has 0 amide bonds. The molecular weight excluding hydrogens is 557 g/mol. The van der Waals surface area contributed by atoms with Crippen LogP contribution in [0.1, 0.15) is 5.56 Å². The topological polar surface area (TPSA) is 118 Å². The van der Waals surface area contributed by atoms with Crippen LogP contribution in [0.4, 0.5) is 17.1 Å². The van der Waals surface area contributed by atoms with Gasteiger partial charge in [-0.05, 0) is 18.2 Å². The summed E-state index contributed by atoms with van der Waals surface area (Å²) in [5, 5.41) is 15.4. The van der Waals surface area contributed by atoms with E-state index in [1.807, 2.05) is 36.1 Å². The van der Waals surface area contributed by atoms with Gasteiger partial charge in [0.05, 0.1) is 27.5 Å². The third-order valence-corrected chi connectivity index (χ3v) is 5.72. The normalized spacial score (nSPS) is 11.0. The van der Waals surface area contributed by atoms with Gasteiger partial charge < -0.3 is 24.0 Å². The number of anilines is 2. The van der Waals surface area contributed by atoms with Crippen molar-refractivity contribution in [2.24, 2.45) is 12.1 Å². The molecule has 0 aliphatic rings. The number of hydrogen-bond acceptors (Lipinski definition) is 6. The van der Waals surface area contributed by atoms with Gasteiger partial charge in [0.25, 0.3) is 15.7 Å². The van der Waals surface area contributed by atoms with Gasteiger partial charge in [-0.3, -0.25) is 20.3 Å². The largest absolute Gasteiger partial charge is 1.00 e. The van der Waals surface area contributed by atoms with Gasteiger partial charge in [0.1, 0.15) is 11.9 Å². The molecule has 2 N–H and O–H groups in total. The van der Waals surface area contributed by atoms with Crippen LogP contribution in [0.2, 0.25) is 5.02 Å². The molecule has 0 bridgehead atoms. The van der Waals surface area contributed by atoms with Crippen LogP contribution in [0.3, 0.4) is 0 Å². The van der Waals surface area contributed by atoms with Gasteiger partial charge in [-0.1, -0.05) is 23.7 Å². The van der Waals surface area contributed by atoms with E-state index in [2.05, 4.69) is 15.2 Å². The summed E-state index contributed by atoms with van der Waals surface area (Å²) < 4.78 is 30.1. The first-order chi connectivity index (χ1) is 14.3. The van der Waals surface area contributed by atoms with Crippen LogP contribution in [0.15, 0.2) is 77.0 Å². The Labute approximate surface area is 201 Å². The highest BCUT2D eigenvalue weighted by Gasteiger charge is 2.23. The number of aromatic nitrogens is 1. The Morgan fingerprint density at radius 3 is 2.42 bits per heavy atom. The summed E-state index contributed by atoms with van der Waals surface area (Å²) in [6, 6.07) is 13.3. The maximum atomic E-state index is 12.9. The zero-order chi connectivity index (χ0) is 21.7. The zero-order valence-electron chi connectivity index (χ0n) is 16.1. The SMILES string of the molecule is C[n+]1ccc(/C=N/Nc2ccc([N+](=O)[O-])cc2S(=O)(=O)Nc2ccccc2Cl)cc1.[I-]. The molecule has 1 heterocycles. The predicted octanol–water partition coefficient (Wildman–Crippen LogP) is 0.323. The number of nitro groups is 1. The third kappa shape index (κ3) is 6.35. The number of sulfonamides is 1. The van der Waals surface area contributed by atoms with Crippen LogP contribution in [0.25, 0.3) is 0 Å². The first-order valence-corrected chi connectivity index (χ1v) is 10.4. The fourth-order valence-electron chi connectivity index (χ4n) is 2.46. The standard InChI is InChI=1S/C19H16ClN5O4S.HI/c1-24-10-8-14(9-11-24)13-21-22-18-7-6-15(25(26)27)12-19(18)30(28,29)23-17-5-3-2-4-16(17)20;/h2-13,23H,1H3;1H. The molecule has 12 heteroatoms. The molecule has 31 heavy (non-hydrogen) atoms. The van der Waals surface area contributed by atoms with E-state index in [4.69, 9.17) is 11.6 Å². The minimum absolute atomic E-state index is 0. The van der Waals surface area contributed by atoms with Crippen LogP contribution in [0, 0.1) is 10.1 Å². The Bertz CT molecular complexity index is 1220. The van der Waals surface area contributed by atoms with E-state index in [1.54, 1.807) is 12.1 Å². The lowest BCUT2D eigenvalue weighted by Gasteiger charge is -2.12. The summed E-state index contributed by atoms with van der Waals surface area (Å²) in [7, 11) is -2.33. The van der Waals surface area contributed by atoms with E-state index in [1.165, 1.54) is 30.5 Å². The summed E-state index contributed by atoms with van der Waals surface area (Å²) in [5.74, 6) is 0. The number of nitrogens with one attached hydrogen (secondary N) is 2. The molecule has 0 saturated carbocycles. The van der Waals surface area contributed by atoms with Crippen LogP contribution >= 0.6 is 11.6 Å². The Hall–Kier alpha value is -2.77. The fraction of sp³-hybridized carbons (Fsp3) is 0.0526. The van der Waals surface area contributed by atoms with E-state index in [-0.39, 0.29) is 51.0 Å². The van der Waals surface area contributed by atoms with Crippen molar-refractivity contribution in [3.05, 3.63) is 87.7 Å². The molecule has 0 aliphatic heterocycles. The molecule has 9 nitrogen and oxygen atoms in total. The average molecular weight is 574 g/mol. The van der Waals surface area contributed by atoms with Crippen LogP contribution in [-0.2, 0) is 17.1 Å². The molecule has 0 fully saturated rings. The maximum Gasteiger partial charge on any atom is 0.270 e. The van der Waals surface area contributed by atoms with Crippen molar-refractivity contribution in [3.63, 3.8) is 0 Å². The van der Waals surface area contributed by atoms with Gasteiger partial charge >= 0.3 is 0 Å². The van der Waals surface area contributed by atoms with E-state index in [0.717, 1.165) is 11.6 Å². The number of hydrogen-bond donors (Lipinski definition) is 2. The van der Waals surface area contributed by atoms with Crippen LogP contribution < -0.4 is 38.7 Å². The first kappa shape index (κ1) is 24.5. The second-order valence-electron chi connectivity index (χ2n) is 6.19. The van der Waals surface area contributed by atoms with E-state index >= 15 is 0 Å². The Morgan fingerprint density at radius 2 is 1.77 bits per heavy atom. The number of pyridine rings is 1. The predicted molar refractivity (Wildman–Crippen MR) is 114 cm³/mol. The third-order valence-electron chi connectivity index (χ3n) is 3.99. The van der Waals surface area contributed by atoms with E-state index in [0.29, 0.717) is 0 Å². The molecule has 0 saturated heterocycles. The van der Waals surface area contributed by atoms with E-state index in [9.17, 15) is 18.5 Å². The number of benzene rings is 2. The molecule has 162 valence electrons. The number of hydrazone groups is 1. The highest BCUT2D eigenvalue weighted by molar-refractivity contribution is 7.93. The molecule has 3 rings (SSSR count). The van der Waals surface area contributed by atoms with Gasteiger partial charge in [0.15, 0.2) is 12.4 Å². The quantitative estimate of drug-likeness (QED) is 0.139. The lowest BCUT2D eigenvalue weighted by molar-refractivity contribution is -0.671. The van der Waals surface area contributed by atoms with Crippen molar-refractivity contribution in [2.75, 3.05) is 10.1 Å². The summed E-state index contributed by atoms with van der Waals surface area (Å²) in [6.45, 7) is 0. The van der Waals surface area contributed by atoms with Crippen molar-refractivity contribution in [3.8, 4) is 0 Å². The number of halogens is 2. The Kier molecular flexibility index (Phi) is 8.30. The lowest BCUT2D eigenvalue weighted by atomic mass is 10.3. The van der Waals surface area contributed by atoms with Gasteiger partial charge in [0, 0.05) is 29.8 Å². The second kappa shape index (κ2) is 10.5. The summed E-state index contributed by atoms with van der Waals surface area (Å²) in [4.78, 5) is 10.1. The van der Waals surface area contributed by atoms with Crippen molar-refractivity contribution >= 4 is 44.9 Å². The highest BCUT2D eigenvalue weighted by atomic mass is 127. The van der Waals surface area contributed by atoms with Gasteiger partial charge in [0.2, 0.25) is 0 Å². The van der Waals surface area contributed by atoms with Gasteiger partial charge in [-0.25, -0.2) is 13.0 Å². The number of rotatable bonds is 7. The molecule has 0 aliphatic carbocycles. The second-order valence-corrected chi connectivity index (χ2v) is 8.25. The highest BCUT2D eigenvalue weighted by Crippen LogP contribution is 2.30. The minimum atomic E-state index is -4.20. The fourth-order valence-corrected chi connectivity index (χ4v) is 3.95. The van der Waals surface area contributed by atoms with Crippen molar-refractivity contribution in [2.45, 2.75) is 4.90 Å². The summed E-state index contributed by atoms with van der Waals surface area (Å²) in [6.07, 6.45) is 5.16.